The highest BCUT2D eigenvalue weighted by Crippen LogP contribution is 2.20. The van der Waals surface area contributed by atoms with Gasteiger partial charge in [0, 0.05) is 25.3 Å². The molecule has 1 aromatic carbocycles. The summed E-state index contributed by atoms with van der Waals surface area (Å²) in [6.07, 6.45) is 2.28. The van der Waals surface area contributed by atoms with Gasteiger partial charge in [0.2, 0.25) is 0 Å². The zero-order valence-electron chi connectivity index (χ0n) is 10.4. The second-order valence-electron chi connectivity index (χ2n) is 3.99. The van der Waals surface area contributed by atoms with Crippen LogP contribution in [-0.2, 0) is 0 Å². The Balaban J connectivity index is 2.73. The molecule has 0 aromatic heterocycles. The first-order chi connectivity index (χ1) is 7.72. The Morgan fingerprint density at radius 2 is 1.94 bits per heavy atom. The Morgan fingerprint density at radius 1 is 1.31 bits per heavy atom. The van der Waals surface area contributed by atoms with Gasteiger partial charge < -0.3 is 15.4 Å². The van der Waals surface area contributed by atoms with Crippen molar-refractivity contribution in [3.63, 3.8) is 0 Å². The van der Waals surface area contributed by atoms with Crippen molar-refractivity contribution in [1.82, 2.24) is 0 Å². The van der Waals surface area contributed by atoms with Crippen molar-refractivity contribution in [2.45, 2.75) is 25.8 Å². The predicted molar refractivity (Wildman–Crippen MR) is 69.1 cm³/mol. The largest absolute Gasteiger partial charge is 0.497 e. The molecule has 1 unspecified atom stereocenters. The maximum Gasteiger partial charge on any atom is 0.119 e. The summed E-state index contributed by atoms with van der Waals surface area (Å²) in [5.41, 5.74) is 6.97. The predicted octanol–water partition coefficient (Wildman–Crippen LogP) is 2.26. The third kappa shape index (κ3) is 3.14. The number of methoxy groups -OCH3 is 1. The summed E-state index contributed by atoms with van der Waals surface area (Å²) in [4.78, 5) is 2.24. The highest BCUT2D eigenvalue weighted by atomic mass is 16.5. The third-order valence-electron chi connectivity index (χ3n) is 2.92. The van der Waals surface area contributed by atoms with Gasteiger partial charge in [-0.25, -0.2) is 0 Å². The summed E-state index contributed by atoms with van der Waals surface area (Å²) in [6.45, 7) is 2.88. The number of rotatable bonds is 6. The van der Waals surface area contributed by atoms with E-state index in [2.05, 4.69) is 31.0 Å². The van der Waals surface area contributed by atoms with Gasteiger partial charge in [-0.15, -0.1) is 0 Å². The number of hydrogen-bond donors (Lipinski definition) is 1. The minimum absolute atomic E-state index is 0.415. The van der Waals surface area contributed by atoms with Crippen molar-refractivity contribution in [1.29, 1.82) is 0 Å². The van der Waals surface area contributed by atoms with Gasteiger partial charge in [-0.1, -0.05) is 13.3 Å². The van der Waals surface area contributed by atoms with Gasteiger partial charge in [0.25, 0.3) is 0 Å². The van der Waals surface area contributed by atoms with Gasteiger partial charge in [-0.05, 0) is 30.7 Å². The van der Waals surface area contributed by atoms with Crippen molar-refractivity contribution in [3.8, 4) is 5.75 Å². The lowest BCUT2D eigenvalue weighted by Gasteiger charge is -2.29. The molecule has 1 rings (SSSR count). The number of benzene rings is 1. The maximum absolute atomic E-state index is 5.79. The van der Waals surface area contributed by atoms with Crippen LogP contribution in [0.4, 0.5) is 5.69 Å². The van der Waals surface area contributed by atoms with Crippen molar-refractivity contribution >= 4 is 5.69 Å². The standard InChI is InChI=1S/C13H22N2O/c1-4-5-12(10-14)15(2)11-6-8-13(16-3)9-7-11/h6-9,12H,4-5,10,14H2,1-3H3. The fourth-order valence-corrected chi connectivity index (χ4v) is 1.83. The summed E-state index contributed by atoms with van der Waals surface area (Å²) >= 11 is 0. The van der Waals surface area contributed by atoms with E-state index in [1.54, 1.807) is 7.11 Å². The molecular weight excluding hydrogens is 200 g/mol. The second kappa shape index (κ2) is 6.38. The molecular formula is C13H22N2O. The molecule has 1 atom stereocenters. The monoisotopic (exact) mass is 222 g/mol. The molecule has 0 spiro atoms. The van der Waals surface area contributed by atoms with Crippen LogP contribution in [0.2, 0.25) is 0 Å². The molecule has 0 aliphatic heterocycles. The molecule has 0 bridgehead atoms. The fourth-order valence-electron chi connectivity index (χ4n) is 1.83. The normalized spacial score (nSPS) is 12.2. The lowest BCUT2D eigenvalue weighted by atomic mass is 10.1. The molecule has 0 radical (unpaired) electrons. The van der Waals surface area contributed by atoms with Crippen LogP contribution in [-0.4, -0.2) is 26.7 Å². The SMILES string of the molecule is CCCC(CN)N(C)c1ccc(OC)cc1. The average Bonchev–Trinajstić information content (AvgIpc) is 2.35. The first-order valence-corrected chi connectivity index (χ1v) is 5.79. The highest BCUT2D eigenvalue weighted by molar-refractivity contribution is 5.49. The van der Waals surface area contributed by atoms with Crippen molar-refractivity contribution < 1.29 is 4.74 Å². The molecule has 0 fully saturated rings. The van der Waals surface area contributed by atoms with Crippen LogP contribution in [0.5, 0.6) is 5.75 Å². The van der Waals surface area contributed by atoms with E-state index < -0.39 is 0 Å². The Kier molecular flexibility index (Phi) is 5.12. The number of likely N-dealkylation sites (N-methyl/N-ethyl adjacent to an activating group) is 1. The average molecular weight is 222 g/mol. The zero-order valence-corrected chi connectivity index (χ0v) is 10.4. The van der Waals surface area contributed by atoms with Gasteiger partial charge in [0.05, 0.1) is 7.11 Å². The first-order valence-electron chi connectivity index (χ1n) is 5.79. The van der Waals surface area contributed by atoms with Crippen LogP contribution < -0.4 is 15.4 Å². The van der Waals surface area contributed by atoms with Crippen LogP contribution in [0.1, 0.15) is 19.8 Å². The van der Waals surface area contributed by atoms with Gasteiger partial charge in [0.15, 0.2) is 0 Å². The van der Waals surface area contributed by atoms with E-state index in [0.29, 0.717) is 12.6 Å². The molecule has 0 amide bonds. The lowest BCUT2D eigenvalue weighted by Crippen LogP contribution is -2.37. The smallest absolute Gasteiger partial charge is 0.119 e. The van der Waals surface area contributed by atoms with Crippen LogP contribution in [0.15, 0.2) is 24.3 Å². The molecule has 1 aromatic rings. The van der Waals surface area contributed by atoms with E-state index in [1.165, 1.54) is 5.69 Å². The molecule has 0 saturated carbocycles. The number of nitrogens with two attached hydrogens (primary N) is 1. The van der Waals surface area contributed by atoms with Crippen LogP contribution >= 0.6 is 0 Å². The minimum atomic E-state index is 0.415. The van der Waals surface area contributed by atoms with Crippen LogP contribution in [0.3, 0.4) is 0 Å². The van der Waals surface area contributed by atoms with Crippen LogP contribution in [0, 0.1) is 0 Å². The van der Waals surface area contributed by atoms with E-state index in [1.807, 2.05) is 12.1 Å². The molecule has 16 heavy (non-hydrogen) atoms. The van der Waals surface area contributed by atoms with Crippen LogP contribution in [0.25, 0.3) is 0 Å². The fraction of sp³-hybridized carbons (Fsp3) is 0.538. The van der Waals surface area contributed by atoms with Gasteiger partial charge in [-0.2, -0.15) is 0 Å². The summed E-state index contributed by atoms with van der Waals surface area (Å²) in [7, 11) is 3.77. The molecule has 3 heteroatoms. The summed E-state index contributed by atoms with van der Waals surface area (Å²) < 4.78 is 5.14. The molecule has 2 N–H and O–H groups in total. The van der Waals surface area contributed by atoms with Crippen molar-refractivity contribution in [2.75, 3.05) is 25.6 Å². The summed E-state index contributed by atoms with van der Waals surface area (Å²) in [5.74, 6) is 0.886. The first kappa shape index (κ1) is 12.8. The van der Waals surface area contributed by atoms with E-state index in [-0.39, 0.29) is 0 Å². The van der Waals surface area contributed by atoms with Gasteiger partial charge in [0.1, 0.15) is 5.75 Å². The number of ether oxygens (including phenoxy) is 1. The highest BCUT2D eigenvalue weighted by Gasteiger charge is 2.12. The molecule has 0 heterocycles. The number of nitrogens with zero attached hydrogens (tertiary/aromatic N) is 1. The lowest BCUT2D eigenvalue weighted by molar-refractivity contribution is 0.414. The van der Waals surface area contributed by atoms with Gasteiger partial charge >= 0.3 is 0 Å². The van der Waals surface area contributed by atoms with E-state index in [0.717, 1.165) is 18.6 Å². The van der Waals surface area contributed by atoms with Crippen molar-refractivity contribution in [3.05, 3.63) is 24.3 Å². The Bertz CT molecular complexity index is 297. The Hall–Kier alpha value is -1.22. The summed E-state index contributed by atoms with van der Waals surface area (Å²) in [5, 5.41) is 0. The molecule has 90 valence electrons. The zero-order chi connectivity index (χ0) is 12.0. The van der Waals surface area contributed by atoms with E-state index in [4.69, 9.17) is 10.5 Å². The second-order valence-corrected chi connectivity index (χ2v) is 3.99. The third-order valence-corrected chi connectivity index (χ3v) is 2.92. The van der Waals surface area contributed by atoms with E-state index >= 15 is 0 Å². The number of hydrogen-bond acceptors (Lipinski definition) is 3. The molecule has 3 nitrogen and oxygen atoms in total. The Labute approximate surface area is 98.2 Å². The molecule has 0 aliphatic carbocycles. The minimum Gasteiger partial charge on any atom is -0.497 e. The van der Waals surface area contributed by atoms with Crippen molar-refractivity contribution in [2.24, 2.45) is 5.73 Å². The van der Waals surface area contributed by atoms with Gasteiger partial charge in [-0.3, -0.25) is 0 Å². The number of anilines is 1. The maximum atomic E-state index is 5.79. The topological polar surface area (TPSA) is 38.5 Å². The summed E-state index contributed by atoms with van der Waals surface area (Å²) in [6, 6.07) is 8.50. The Morgan fingerprint density at radius 3 is 2.38 bits per heavy atom. The molecule has 0 saturated heterocycles. The van der Waals surface area contributed by atoms with E-state index in [9.17, 15) is 0 Å². The quantitative estimate of drug-likeness (QED) is 0.802. The molecule has 0 aliphatic rings.